The van der Waals surface area contributed by atoms with E-state index in [0.29, 0.717) is 10.3 Å². The lowest BCUT2D eigenvalue weighted by atomic mass is 9.94. The number of anilines is 3. The van der Waals surface area contributed by atoms with Crippen LogP contribution in [-0.2, 0) is 6.18 Å². The molecular weight excluding hydrogens is 417 g/mol. The number of pyridine rings is 1. The normalized spacial score (nSPS) is 15.5. The number of nitrogens with two attached hydrogens (primary N) is 2. The maximum Gasteiger partial charge on any atom is 0.417 e. The van der Waals surface area contributed by atoms with E-state index >= 15 is 0 Å². The molecule has 3 aromatic rings. The summed E-state index contributed by atoms with van der Waals surface area (Å²) in [5.41, 5.74) is 11.8. The Balaban J connectivity index is 1.96. The summed E-state index contributed by atoms with van der Waals surface area (Å²) in [6.07, 6.45) is -2.80. The maximum atomic E-state index is 13.4. The summed E-state index contributed by atoms with van der Waals surface area (Å²) in [5.74, 6) is 0.0570. The van der Waals surface area contributed by atoms with Gasteiger partial charge in [0.05, 0.1) is 11.3 Å². The summed E-state index contributed by atoms with van der Waals surface area (Å²) in [6.45, 7) is 0. The highest BCUT2D eigenvalue weighted by Crippen LogP contribution is 2.43. The van der Waals surface area contributed by atoms with E-state index in [1.54, 1.807) is 18.3 Å². The molecule has 2 aromatic heterocycles. The fourth-order valence-corrected chi connectivity index (χ4v) is 4.21. The number of aliphatic imine (C=N–C) groups is 1. The van der Waals surface area contributed by atoms with Crippen molar-refractivity contribution in [2.24, 2.45) is 4.99 Å². The van der Waals surface area contributed by atoms with Crippen LogP contribution in [0.5, 0.6) is 0 Å². The average molecular weight is 428 g/mol. The summed E-state index contributed by atoms with van der Waals surface area (Å²) in [6, 6.07) is 5.52. The number of fused-ring (bicyclic) bond motifs is 2. The Bertz CT molecular complexity index is 1300. The lowest BCUT2D eigenvalue weighted by Crippen LogP contribution is -2.32. The van der Waals surface area contributed by atoms with Gasteiger partial charge in [-0.2, -0.15) is 23.7 Å². The van der Waals surface area contributed by atoms with Crippen LogP contribution in [-0.4, -0.2) is 10.9 Å². The van der Waals surface area contributed by atoms with Crippen LogP contribution >= 0.6 is 11.3 Å². The minimum atomic E-state index is -4.51. The summed E-state index contributed by atoms with van der Waals surface area (Å²) in [7, 11) is 0. The number of nitrogens with zero attached hydrogens (tertiary/aromatic N) is 4. The first kappa shape index (κ1) is 19.3. The Kier molecular flexibility index (Phi) is 4.37. The standard InChI is InChI=1S/C18H11F3N8S/c19-18(20,21)10-5-30-11-2-1-7(3-8(10)11)14-12-13(24)9(4-22)15(25)28-16(12)29-17(27-14)26-6-23/h1-3,5,14H,(H6,24,25,26,27,28,29). The number of aromatic nitrogens is 1. The summed E-state index contributed by atoms with van der Waals surface area (Å²) < 4.78 is 40.6. The Morgan fingerprint density at radius 1 is 1.23 bits per heavy atom. The van der Waals surface area contributed by atoms with Crippen LogP contribution in [0.25, 0.3) is 10.1 Å². The second-order valence-electron chi connectivity index (χ2n) is 6.30. The summed E-state index contributed by atoms with van der Waals surface area (Å²) in [4.78, 5) is 8.47. The van der Waals surface area contributed by atoms with E-state index in [1.165, 1.54) is 6.07 Å². The molecule has 1 aliphatic heterocycles. The van der Waals surface area contributed by atoms with Gasteiger partial charge in [0.2, 0.25) is 5.96 Å². The molecule has 150 valence electrons. The SMILES string of the molecule is N#CNC1=NC(c2ccc3scc(C(F)(F)F)c3c2)c2c(nc(N)c(C#N)c2N)N1. The van der Waals surface area contributed by atoms with E-state index in [0.717, 1.165) is 16.7 Å². The van der Waals surface area contributed by atoms with Crippen molar-refractivity contribution in [3.8, 4) is 12.3 Å². The van der Waals surface area contributed by atoms with Gasteiger partial charge in [0, 0.05) is 21.0 Å². The van der Waals surface area contributed by atoms with E-state index in [9.17, 15) is 18.4 Å². The summed E-state index contributed by atoms with van der Waals surface area (Å²) in [5, 5.41) is 24.5. The lowest BCUT2D eigenvalue weighted by molar-refractivity contribution is -0.136. The summed E-state index contributed by atoms with van der Waals surface area (Å²) >= 11 is 0.981. The fraction of sp³-hybridized carbons (Fsp3) is 0.111. The molecule has 30 heavy (non-hydrogen) atoms. The highest BCUT2D eigenvalue weighted by molar-refractivity contribution is 7.17. The number of thiophene rings is 1. The third-order valence-corrected chi connectivity index (χ3v) is 5.54. The molecule has 1 aromatic carbocycles. The van der Waals surface area contributed by atoms with Crippen LogP contribution in [0.1, 0.15) is 28.3 Å². The minimum absolute atomic E-state index is 0.0127. The molecule has 1 aliphatic rings. The van der Waals surface area contributed by atoms with E-state index in [4.69, 9.17) is 16.7 Å². The van der Waals surface area contributed by atoms with Gasteiger partial charge in [-0.3, -0.25) is 5.32 Å². The van der Waals surface area contributed by atoms with E-state index in [-0.39, 0.29) is 39.8 Å². The predicted molar refractivity (Wildman–Crippen MR) is 106 cm³/mol. The molecule has 0 saturated carbocycles. The van der Waals surface area contributed by atoms with Crippen molar-refractivity contribution in [1.82, 2.24) is 10.3 Å². The van der Waals surface area contributed by atoms with Crippen LogP contribution in [0, 0.1) is 22.8 Å². The first-order chi connectivity index (χ1) is 14.2. The van der Waals surface area contributed by atoms with Crippen molar-refractivity contribution in [2.75, 3.05) is 16.8 Å². The smallest absolute Gasteiger partial charge is 0.397 e. The molecule has 12 heteroatoms. The van der Waals surface area contributed by atoms with Crippen molar-refractivity contribution in [2.45, 2.75) is 12.2 Å². The first-order valence-electron chi connectivity index (χ1n) is 8.31. The van der Waals surface area contributed by atoms with Crippen LogP contribution in [0.15, 0.2) is 28.6 Å². The zero-order chi connectivity index (χ0) is 21.6. The van der Waals surface area contributed by atoms with Crippen molar-refractivity contribution in [3.63, 3.8) is 0 Å². The van der Waals surface area contributed by atoms with Gasteiger partial charge in [0.1, 0.15) is 29.3 Å². The highest BCUT2D eigenvalue weighted by atomic mass is 32.1. The quantitative estimate of drug-likeness (QED) is 0.343. The molecule has 0 amide bonds. The number of hydrogen-bond acceptors (Lipinski definition) is 9. The topological polar surface area (TPSA) is 149 Å². The number of halogens is 3. The van der Waals surface area contributed by atoms with Gasteiger partial charge in [0.25, 0.3) is 0 Å². The van der Waals surface area contributed by atoms with Crippen molar-refractivity contribution in [1.29, 1.82) is 10.5 Å². The maximum absolute atomic E-state index is 13.4. The van der Waals surface area contributed by atoms with Crippen LogP contribution in [0.2, 0.25) is 0 Å². The van der Waals surface area contributed by atoms with Gasteiger partial charge in [-0.05, 0) is 17.7 Å². The van der Waals surface area contributed by atoms with E-state index < -0.39 is 17.8 Å². The van der Waals surface area contributed by atoms with Gasteiger partial charge >= 0.3 is 6.18 Å². The van der Waals surface area contributed by atoms with Gasteiger partial charge in [-0.25, -0.2) is 9.98 Å². The van der Waals surface area contributed by atoms with Crippen molar-refractivity contribution >= 4 is 44.7 Å². The molecule has 6 N–H and O–H groups in total. The molecule has 8 nitrogen and oxygen atoms in total. The molecule has 0 aliphatic carbocycles. The Hall–Kier alpha value is -4.03. The molecule has 1 atom stereocenters. The van der Waals surface area contributed by atoms with Gasteiger partial charge < -0.3 is 16.8 Å². The van der Waals surface area contributed by atoms with Gasteiger partial charge in [-0.15, -0.1) is 11.3 Å². The Labute approximate surface area is 171 Å². The molecular formula is C18H11F3N8S. The second-order valence-corrected chi connectivity index (χ2v) is 7.22. The zero-order valence-corrected chi connectivity index (χ0v) is 15.7. The van der Waals surface area contributed by atoms with Crippen molar-refractivity contribution in [3.05, 3.63) is 45.8 Å². The zero-order valence-electron chi connectivity index (χ0n) is 14.9. The van der Waals surface area contributed by atoms with Gasteiger partial charge in [0.15, 0.2) is 6.19 Å². The fourth-order valence-electron chi connectivity index (χ4n) is 3.26. The Morgan fingerprint density at radius 3 is 2.67 bits per heavy atom. The lowest BCUT2D eigenvalue weighted by Gasteiger charge is -2.26. The third kappa shape index (κ3) is 3.00. The number of rotatable bonds is 1. The number of nitriles is 2. The molecule has 3 heterocycles. The molecule has 0 saturated heterocycles. The van der Waals surface area contributed by atoms with Crippen LogP contribution in [0.4, 0.5) is 30.5 Å². The molecule has 4 rings (SSSR count). The van der Waals surface area contributed by atoms with E-state index in [2.05, 4.69) is 20.6 Å². The Morgan fingerprint density at radius 2 is 2.00 bits per heavy atom. The van der Waals surface area contributed by atoms with Crippen LogP contribution < -0.4 is 22.1 Å². The average Bonchev–Trinajstić information content (AvgIpc) is 3.11. The largest absolute Gasteiger partial charge is 0.417 e. The monoisotopic (exact) mass is 428 g/mol. The first-order valence-corrected chi connectivity index (χ1v) is 9.19. The van der Waals surface area contributed by atoms with Gasteiger partial charge in [-0.1, -0.05) is 6.07 Å². The predicted octanol–water partition coefficient (Wildman–Crippen LogP) is 3.29. The molecule has 0 bridgehead atoms. The third-order valence-electron chi connectivity index (χ3n) is 4.58. The van der Waals surface area contributed by atoms with Crippen LogP contribution in [0.3, 0.4) is 0 Å². The van der Waals surface area contributed by atoms with Crippen molar-refractivity contribution < 1.29 is 13.2 Å². The number of nitrogens with one attached hydrogen (secondary N) is 2. The minimum Gasteiger partial charge on any atom is -0.397 e. The molecule has 0 spiro atoms. The number of guanidine groups is 1. The number of benzene rings is 1. The highest BCUT2D eigenvalue weighted by Gasteiger charge is 2.35. The number of nitrogen functional groups attached to an aromatic ring is 2. The molecule has 1 unspecified atom stereocenters. The second kappa shape index (κ2) is 6.79. The molecule has 0 fully saturated rings. The number of hydrogen-bond donors (Lipinski definition) is 4. The molecule has 0 radical (unpaired) electrons. The number of alkyl halides is 3. The van der Waals surface area contributed by atoms with E-state index in [1.807, 2.05) is 6.07 Å².